The molecular formula is C4H16O6P2S2. The van der Waals surface area contributed by atoms with Gasteiger partial charge in [-0.05, 0) is 26.7 Å². The Kier molecular flexibility index (Phi) is 20.4. The van der Waals surface area contributed by atoms with E-state index in [0.29, 0.717) is 15.2 Å². The van der Waals surface area contributed by atoms with Crippen LogP contribution in [-0.2, 0) is 22.7 Å². The number of rotatable bonds is 1. The second-order valence-corrected chi connectivity index (χ2v) is 11.3. The van der Waals surface area contributed by atoms with Gasteiger partial charge in [0.05, 0.1) is 0 Å². The lowest BCUT2D eigenvalue weighted by atomic mass is 11.9. The Bertz CT molecular complexity index is 138. The van der Waals surface area contributed by atoms with Gasteiger partial charge in [-0.25, -0.2) is 0 Å². The SMILES string of the molecule is CP(C)P(C)C.O=S(O)O.O=S(O)O. The topological polar surface area (TPSA) is 115 Å². The predicted molar refractivity (Wildman–Crippen MR) is 64.3 cm³/mol. The van der Waals surface area contributed by atoms with Crippen LogP contribution in [0.25, 0.3) is 0 Å². The van der Waals surface area contributed by atoms with E-state index in [-0.39, 0.29) is 0 Å². The molecule has 0 amide bonds. The van der Waals surface area contributed by atoms with Crippen LogP contribution < -0.4 is 0 Å². The first-order valence-corrected chi connectivity index (χ1v) is 10.4. The third-order valence-electron chi connectivity index (χ3n) is 0.800. The maximum atomic E-state index is 8.67. The van der Waals surface area contributed by atoms with Crippen molar-refractivity contribution in [2.24, 2.45) is 0 Å². The van der Waals surface area contributed by atoms with E-state index < -0.39 is 22.7 Å². The molecule has 0 aliphatic rings. The van der Waals surface area contributed by atoms with E-state index >= 15 is 0 Å². The summed E-state index contributed by atoms with van der Waals surface area (Å²) in [7, 11) is 0.811. The minimum Gasteiger partial charge on any atom is -0.284 e. The Morgan fingerprint density at radius 2 is 0.786 bits per heavy atom. The van der Waals surface area contributed by atoms with Crippen molar-refractivity contribution < 1.29 is 26.6 Å². The van der Waals surface area contributed by atoms with Crippen molar-refractivity contribution in [3.05, 3.63) is 0 Å². The first-order valence-electron chi connectivity index (χ1n) is 3.05. The van der Waals surface area contributed by atoms with Crippen LogP contribution in [0, 0.1) is 0 Å². The Labute approximate surface area is 91.5 Å². The number of hydrogen-bond acceptors (Lipinski definition) is 2. The molecule has 0 aromatic heterocycles. The molecule has 0 atom stereocenters. The van der Waals surface area contributed by atoms with Gasteiger partial charge >= 0.3 is 0 Å². The van der Waals surface area contributed by atoms with Gasteiger partial charge in [0.15, 0.2) is 0 Å². The molecule has 0 saturated heterocycles. The van der Waals surface area contributed by atoms with Gasteiger partial charge in [0, 0.05) is 0 Å². The molecule has 0 aliphatic carbocycles. The van der Waals surface area contributed by atoms with E-state index in [2.05, 4.69) is 26.7 Å². The molecule has 0 fully saturated rings. The van der Waals surface area contributed by atoms with Gasteiger partial charge in [-0.3, -0.25) is 18.2 Å². The average molecular weight is 286 g/mol. The fourth-order valence-corrected chi connectivity index (χ4v) is 0. The second kappa shape index (κ2) is 14.0. The van der Waals surface area contributed by atoms with Crippen LogP contribution in [0.2, 0.25) is 0 Å². The van der Waals surface area contributed by atoms with Crippen LogP contribution in [0.5, 0.6) is 0 Å². The molecule has 0 unspecified atom stereocenters. The summed E-state index contributed by atoms with van der Waals surface area (Å²) in [5.41, 5.74) is 0. The predicted octanol–water partition coefficient (Wildman–Crippen LogP) is 1.75. The van der Waals surface area contributed by atoms with Crippen LogP contribution in [-0.4, -0.2) is 53.3 Å². The molecule has 4 N–H and O–H groups in total. The molecule has 6 nitrogen and oxygen atoms in total. The molecule has 0 radical (unpaired) electrons. The zero-order valence-corrected chi connectivity index (χ0v) is 11.7. The van der Waals surface area contributed by atoms with E-state index in [9.17, 15) is 0 Å². The standard InChI is InChI=1S/C4H12P2.2H2O3S/c1-5(2)6(3)4;2*1-4(2)3/h1-4H3;2*(H2,1,2,3). The molecule has 0 saturated carbocycles. The van der Waals surface area contributed by atoms with Gasteiger partial charge in [0.25, 0.3) is 22.7 Å². The van der Waals surface area contributed by atoms with Crippen molar-refractivity contribution >= 4 is 37.9 Å². The largest absolute Gasteiger partial charge is 0.299 e. The molecule has 10 heteroatoms. The van der Waals surface area contributed by atoms with E-state index in [1.807, 2.05) is 0 Å². The highest BCUT2D eigenvalue weighted by Gasteiger charge is 1.93. The summed E-state index contributed by atoms with van der Waals surface area (Å²) in [5.74, 6) is 0. The molecule has 0 aliphatic heterocycles. The summed E-state index contributed by atoms with van der Waals surface area (Å²) in [6, 6.07) is 0. The molecule has 0 spiro atoms. The summed E-state index contributed by atoms with van der Waals surface area (Å²) in [6.07, 6.45) is 0. The van der Waals surface area contributed by atoms with E-state index in [1.165, 1.54) is 0 Å². The van der Waals surface area contributed by atoms with E-state index in [0.717, 1.165) is 0 Å². The van der Waals surface area contributed by atoms with Crippen molar-refractivity contribution in [3.8, 4) is 0 Å². The average Bonchev–Trinajstić information content (AvgIpc) is 1.83. The van der Waals surface area contributed by atoms with Gasteiger partial charge in [-0.2, -0.15) is 8.42 Å². The Morgan fingerprint density at radius 3 is 0.786 bits per heavy atom. The molecule has 0 aromatic rings. The zero-order chi connectivity index (χ0) is 12.3. The van der Waals surface area contributed by atoms with Crippen LogP contribution in [0.1, 0.15) is 0 Å². The Balaban J connectivity index is -0.000000135. The molecule has 0 bridgehead atoms. The Hall–Kier alpha value is 1.000. The fraction of sp³-hybridized carbons (Fsp3) is 1.00. The lowest BCUT2D eigenvalue weighted by Gasteiger charge is -2.07. The number of hydrogen-bond donors (Lipinski definition) is 4. The quantitative estimate of drug-likeness (QED) is 0.431. The first kappa shape index (κ1) is 20.4. The minimum absolute atomic E-state index is 0.405. The van der Waals surface area contributed by atoms with Crippen molar-refractivity contribution in [1.82, 2.24) is 0 Å². The molecule has 14 heavy (non-hydrogen) atoms. The fourth-order valence-electron chi connectivity index (χ4n) is 0. The molecule has 0 aromatic carbocycles. The lowest BCUT2D eigenvalue weighted by Crippen LogP contribution is -1.74. The molecule has 90 valence electrons. The lowest BCUT2D eigenvalue weighted by molar-refractivity contribution is 0.452. The summed E-state index contributed by atoms with van der Waals surface area (Å²) in [4.78, 5) is 0. The van der Waals surface area contributed by atoms with Gasteiger partial charge in [-0.1, -0.05) is 15.2 Å². The van der Waals surface area contributed by atoms with Crippen molar-refractivity contribution in [2.45, 2.75) is 0 Å². The first-order chi connectivity index (χ1) is 6.11. The van der Waals surface area contributed by atoms with Gasteiger partial charge in [0.2, 0.25) is 0 Å². The van der Waals surface area contributed by atoms with Crippen LogP contribution in [0.3, 0.4) is 0 Å². The summed E-state index contributed by atoms with van der Waals surface area (Å²) < 4.78 is 45.7. The zero-order valence-electron chi connectivity index (χ0n) is 8.32. The smallest absolute Gasteiger partial charge is 0.284 e. The normalized spacial score (nSPS) is 9.71. The summed E-state index contributed by atoms with van der Waals surface area (Å²) in [5, 5.41) is 0. The highest BCUT2D eigenvalue weighted by Crippen LogP contribution is 2.58. The third kappa shape index (κ3) is 74.9. The maximum Gasteiger partial charge on any atom is 0.299 e. The third-order valence-corrected chi connectivity index (χ3v) is 7.20. The maximum absolute atomic E-state index is 8.67. The van der Waals surface area contributed by atoms with Crippen molar-refractivity contribution in [3.63, 3.8) is 0 Å². The summed E-state index contributed by atoms with van der Waals surface area (Å²) >= 11 is -5.22. The van der Waals surface area contributed by atoms with E-state index in [1.54, 1.807) is 0 Å². The Morgan fingerprint density at radius 1 is 0.714 bits per heavy atom. The highest BCUT2D eigenvalue weighted by atomic mass is 32.2. The highest BCUT2D eigenvalue weighted by molar-refractivity contribution is 8.28. The summed E-state index contributed by atoms with van der Waals surface area (Å²) in [6.45, 7) is 9.34. The molecule has 0 heterocycles. The molecular weight excluding hydrogens is 270 g/mol. The van der Waals surface area contributed by atoms with E-state index in [4.69, 9.17) is 26.6 Å². The van der Waals surface area contributed by atoms with Crippen LogP contribution >= 0.6 is 15.2 Å². The van der Waals surface area contributed by atoms with Gasteiger partial charge in [-0.15, -0.1) is 0 Å². The molecule has 0 rings (SSSR count). The van der Waals surface area contributed by atoms with Crippen LogP contribution in [0.4, 0.5) is 0 Å². The second-order valence-electron chi connectivity index (χ2n) is 2.16. The minimum atomic E-state index is -2.61. The van der Waals surface area contributed by atoms with Crippen molar-refractivity contribution in [2.75, 3.05) is 26.7 Å². The van der Waals surface area contributed by atoms with Crippen LogP contribution in [0.15, 0.2) is 0 Å². The van der Waals surface area contributed by atoms with Gasteiger partial charge in [0.1, 0.15) is 0 Å². The van der Waals surface area contributed by atoms with Crippen molar-refractivity contribution in [1.29, 1.82) is 0 Å². The van der Waals surface area contributed by atoms with Gasteiger partial charge < -0.3 is 0 Å². The monoisotopic (exact) mass is 286 g/mol.